The molecule has 0 fully saturated rings. The van der Waals surface area contributed by atoms with Gasteiger partial charge >= 0.3 is 0 Å². The molecule has 0 radical (unpaired) electrons. The molecule has 1 N–H and O–H groups in total. The minimum atomic E-state index is 0.467. The maximum atomic E-state index is 10.5. The molecule has 0 aliphatic heterocycles. The fraction of sp³-hybridized carbons (Fsp3) is 0. The number of fused-ring (bicyclic) bond motifs is 1. The highest BCUT2D eigenvalue weighted by atomic mass is 16.2. The van der Waals surface area contributed by atoms with Gasteiger partial charge in [0.15, 0.2) is 0 Å². The quantitative estimate of drug-likeness (QED) is 0.722. The molecule has 0 spiro atoms. The molecule has 0 unspecified atom stereocenters. The minimum absolute atomic E-state index is 0.467. The van der Waals surface area contributed by atoms with Gasteiger partial charge in [-0.2, -0.15) is 5.10 Å². The second kappa shape index (κ2) is 3.29. The molecule has 1 aromatic heterocycles. The third-order valence-corrected chi connectivity index (χ3v) is 1.95. The average Bonchev–Trinajstić information content (AvgIpc) is 2.66. The van der Waals surface area contributed by atoms with Crippen LogP contribution in [0.5, 0.6) is 0 Å². The lowest BCUT2D eigenvalue weighted by atomic mass is 10.2. The molecule has 0 atom stereocenters. The van der Waals surface area contributed by atoms with Gasteiger partial charge in [0.2, 0.25) is 12.8 Å². The Morgan fingerprint density at radius 2 is 2.07 bits per heavy atom. The Labute approximate surface area is 79.3 Å². The van der Waals surface area contributed by atoms with E-state index >= 15 is 0 Å². The van der Waals surface area contributed by atoms with E-state index < -0.39 is 0 Å². The molecule has 2 aromatic rings. The summed E-state index contributed by atoms with van der Waals surface area (Å²) in [5, 5.41) is 7.47. The molecule has 0 aliphatic carbocycles. The predicted octanol–water partition coefficient (Wildman–Crippen LogP) is 0.682. The van der Waals surface area contributed by atoms with Crippen LogP contribution in [0.4, 0.5) is 5.69 Å². The number of carbonyl (C=O) groups excluding carboxylic acids is 2. The topological polar surface area (TPSA) is 66.1 Å². The number of amides is 2. The Morgan fingerprint density at radius 3 is 2.79 bits per heavy atom. The number of hydrogen-bond donors (Lipinski definition) is 1. The van der Waals surface area contributed by atoms with E-state index in [1.165, 1.54) is 0 Å². The summed E-state index contributed by atoms with van der Waals surface area (Å²) in [7, 11) is 0. The fourth-order valence-electron chi connectivity index (χ4n) is 1.24. The molecule has 0 saturated carbocycles. The number of rotatable bonds is 3. The van der Waals surface area contributed by atoms with Gasteiger partial charge in [0.1, 0.15) is 0 Å². The van der Waals surface area contributed by atoms with E-state index in [1.807, 2.05) is 0 Å². The van der Waals surface area contributed by atoms with Gasteiger partial charge in [-0.3, -0.25) is 19.6 Å². The SMILES string of the molecule is O=CN(C=O)c1ccc2[nH]ncc2c1. The van der Waals surface area contributed by atoms with Crippen LogP contribution >= 0.6 is 0 Å². The van der Waals surface area contributed by atoms with E-state index in [-0.39, 0.29) is 0 Å². The van der Waals surface area contributed by atoms with E-state index in [1.54, 1.807) is 24.4 Å². The third-order valence-electron chi connectivity index (χ3n) is 1.95. The number of nitrogens with one attached hydrogen (secondary N) is 1. The van der Waals surface area contributed by atoms with Crippen molar-refractivity contribution in [3.63, 3.8) is 0 Å². The van der Waals surface area contributed by atoms with Crippen molar-refractivity contribution in [3.8, 4) is 0 Å². The monoisotopic (exact) mass is 189 g/mol. The van der Waals surface area contributed by atoms with Crippen molar-refractivity contribution in [2.24, 2.45) is 0 Å². The highest BCUT2D eigenvalue weighted by Crippen LogP contribution is 2.18. The Bertz CT molecular complexity index is 470. The number of benzene rings is 1. The van der Waals surface area contributed by atoms with Crippen LogP contribution in [0.3, 0.4) is 0 Å². The number of nitrogens with zero attached hydrogens (tertiary/aromatic N) is 2. The lowest BCUT2D eigenvalue weighted by Gasteiger charge is -2.07. The van der Waals surface area contributed by atoms with Gasteiger partial charge in [0, 0.05) is 5.39 Å². The summed E-state index contributed by atoms with van der Waals surface area (Å²) in [4.78, 5) is 21.9. The van der Waals surface area contributed by atoms with Crippen LogP contribution < -0.4 is 4.90 Å². The van der Waals surface area contributed by atoms with Crippen molar-refractivity contribution < 1.29 is 9.59 Å². The van der Waals surface area contributed by atoms with E-state index in [4.69, 9.17) is 0 Å². The van der Waals surface area contributed by atoms with E-state index in [9.17, 15) is 9.59 Å². The number of anilines is 1. The molecule has 0 aliphatic rings. The molecule has 70 valence electrons. The number of carbonyl (C=O) groups is 2. The summed E-state index contributed by atoms with van der Waals surface area (Å²) < 4.78 is 0. The molecule has 2 amide bonds. The molecule has 5 nitrogen and oxygen atoms in total. The second-order valence-corrected chi connectivity index (χ2v) is 2.76. The third kappa shape index (κ3) is 1.24. The molecule has 1 aromatic carbocycles. The molecule has 0 saturated heterocycles. The van der Waals surface area contributed by atoms with Gasteiger partial charge in [-0.1, -0.05) is 0 Å². The Balaban J connectivity index is 2.52. The second-order valence-electron chi connectivity index (χ2n) is 2.76. The Morgan fingerprint density at radius 1 is 1.29 bits per heavy atom. The summed E-state index contributed by atoms with van der Waals surface area (Å²) in [6.45, 7) is 0. The first-order chi connectivity index (χ1) is 6.85. The van der Waals surface area contributed by atoms with Crippen molar-refractivity contribution in [1.82, 2.24) is 10.2 Å². The van der Waals surface area contributed by atoms with Crippen LogP contribution in [-0.2, 0) is 9.59 Å². The number of H-pyrrole nitrogens is 1. The van der Waals surface area contributed by atoms with Crippen molar-refractivity contribution >= 4 is 29.4 Å². The van der Waals surface area contributed by atoms with Crippen molar-refractivity contribution in [1.29, 1.82) is 0 Å². The summed E-state index contributed by atoms with van der Waals surface area (Å²) in [5.41, 5.74) is 1.40. The van der Waals surface area contributed by atoms with Crippen LogP contribution in [0.2, 0.25) is 0 Å². The molecule has 14 heavy (non-hydrogen) atoms. The van der Waals surface area contributed by atoms with Crippen LogP contribution in [0, 0.1) is 0 Å². The van der Waals surface area contributed by atoms with Gasteiger partial charge in [0.05, 0.1) is 17.4 Å². The first kappa shape index (κ1) is 8.43. The summed E-state index contributed by atoms with van der Waals surface area (Å²) >= 11 is 0. The fourth-order valence-corrected chi connectivity index (χ4v) is 1.24. The zero-order valence-corrected chi connectivity index (χ0v) is 7.18. The molecule has 0 bridgehead atoms. The van der Waals surface area contributed by atoms with Crippen LogP contribution in [0.1, 0.15) is 0 Å². The van der Waals surface area contributed by atoms with Crippen molar-refractivity contribution in [2.75, 3.05) is 4.90 Å². The van der Waals surface area contributed by atoms with Crippen LogP contribution in [-0.4, -0.2) is 23.0 Å². The maximum absolute atomic E-state index is 10.5. The number of hydrogen-bond acceptors (Lipinski definition) is 3. The summed E-state index contributed by atoms with van der Waals surface area (Å²) in [5.74, 6) is 0. The van der Waals surface area contributed by atoms with Crippen LogP contribution in [0.15, 0.2) is 24.4 Å². The van der Waals surface area contributed by atoms with Crippen molar-refractivity contribution in [3.05, 3.63) is 24.4 Å². The Kier molecular flexibility index (Phi) is 1.98. The Hall–Kier alpha value is -2.17. The molecular formula is C9H7N3O2. The lowest BCUT2D eigenvalue weighted by Crippen LogP contribution is -2.17. The smallest absolute Gasteiger partial charge is 0.220 e. The van der Waals surface area contributed by atoms with Gasteiger partial charge in [-0.05, 0) is 18.2 Å². The first-order valence-electron chi connectivity index (χ1n) is 3.97. The van der Waals surface area contributed by atoms with Gasteiger partial charge in [-0.15, -0.1) is 0 Å². The number of aromatic amines is 1. The molecule has 2 rings (SSSR count). The maximum Gasteiger partial charge on any atom is 0.220 e. The summed E-state index contributed by atoms with van der Waals surface area (Å²) in [6.07, 6.45) is 2.56. The largest absolute Gasteiger partial charge is 0.278 e. The zero-order valence-electron chi connectivity index (χ0n) is 7.18. The van der Waals surface area contributed by atoms with Crippen LogP contribution in [0.25, 0.3) is 10.9 Å². The van der Waals surface area contributed by atoms with E-state index in [0.717, 1.165) is 15.8 Å². The minimum Gasteiger partial charge on any atom is -0.278 e. The number of imide groups is 1. The standard InChI is InChI=1S/C9H7N3O2/c13-5-12(6-14)8-1-2-9-7(3-8)4-10-11-9/h1-6H,(H,10,11). The normalized spacial score (nSPS) is 10.0. The van der Waals surface area contributed by atoms with Gasteiger partial charge in [0.25, 0.3) is 0 Å². The van der Waals surface area contributed by atoms with Gasteiger partial charge < -0.3 is 0 Å². The lowest BCUT2D eigenvalue weighted by molar-refractivity contribution is -0.113. The average molecular weight is 189 g/mol. The van der Waals surface area contributed by atoms with E-state index in [0.29, 0.717) is 18.5 Å². The van der Waals surface area contributed by atoms with Crippen molar-refractivity contribution in [2.45, 2.75) is 0 Å². The number of aromatic nitrogens is 2. The van der Waals surface area contributed by atoms with Gasteiger partial charge in [-0.25, -0.2) is 0 Å². The summed E-state index contributed by atoms with van der Waals surface area (Å²) in [6, 6.07) is 5.14. The highest BCUT2D eigenvalue weighted by Gasteiger charge is 2.04. The predicted molar refractivity (Wildman–Crippen MR) is 50.7 cm³/mol. The van der Waals surface area contributed by atoms with E-state index in [2.05, 4.69) is 10.2 Å². The molecule has 5 heteroatoms. The molecule has 1 heterocycles. The highest BCUT2D eigenvalue weighted by molar-refractivity contribution is 5.97. The zero-order chi connectivity index (χ0) is 9.97. The first-order valence-corrected chi connectivity index (χ1v) is 3.97. The molecular weight excluding hydrogens is 182 g/mol.